The molecule has 0 aliphatic carbocycles. The van der Waals surface area contributed by atoms with Gasteiger partial charge in [0.1, 0.15) is 11.5 Å². The third kappa shape index (κ3) is 2.91. The Labute approximate surface area is 158 Å². The van der Waals surface area contributed by atoms with E-state index in [0.29, 0.717) is 18.7 Å². The summed E-state index contributed by atoms with van der Waals surface area (Å²) in [6, 6.07) is 15.3. The maximum atomic E-state index is 12.6. The Morgan fingerprint density at radius 2 is 2.00 bits per heavy atom. The van der Waals surface area contributed by atoms with Crippen LogP contribution in [0.25, 0.3) is 0 Å². The maximum Gasteiger partial charge on any atom is 0.355 e. The van der Waals surface area contributed by atoms with Gasteiger partial charge in [-0.05, 0) is 44.2 Å². The fourth-order valence-corrected chi connectivity index (χ4v) is 3.73. The first-order chi connectivity index (χ1) is 13.1. The number of anilines is 1. The lowest BCUT2D eigenvalue weighted by Gasteiger charge is -2.48. The van der Waals surface area contributed by atoms with Crippen LogP contribution in [0.2, 0.25) is 0 Å². The molecule has 2 aromatic carbocycles. The second-order valence-corrected chi connectivity index (χ2v) is 6.79. The highest BCUT2D eigenvalue weighted by Gasteiger charge is 2.49. The quantitative estimate of drug-likeness (QED) is 0.772. The second-order valence-electron chi connectivity index (χ2n) is 6.79. The molecule has 0 saturated carbocycles. The van der Waals surface area contributed by atoms with E-state index in [1.54, 1.807) is 19.0 Å². The van der Waals surface area contributed by atoms with Crippen molar-refractivity contribution >= 4 is 17.4 Å². The lowest BCUT2D eigenvalue weighted by molar-refractivity contribution is -0.135. The number of hydrogen-bond acceptors (Lipinski definition) is 6. The normalized spacial score (nSPS) is 23.0. The summed E-state index contributed by atoms with van der Waals surface area (Å²) < 4.78 is 16.9. The van der Waals surface area contributed by atoms with Gasteiger partial charge >= 0.3 is 5.97 Å². The number of carbonyl (C=O) groups excluding carboxylic acids is 1. The van der Waals surface area contributed by atoms with Gasteiger partial charge in [0.15, 0.2) is 5.71 Å². The highest BCUT2D eigenvalue weighted by molar-refractivity contribution is 6.39. The molecule has 0 amide bonds. The number of ether oxygens (including phenoxy) is 3. The van der Waals surface area contributed by atoms with E-state index in [9.17, 15) is 4.79 Å². The van der Waals surface area contributed by atoms with Gasteiger partial charge in [0.2, 0.25) is 5.72 Å². The number of nitrogens with zero attached hydrogens (tertiary/aromatic N) is 2. The van der Waals surface area contributed by atoms with Crippen LogP contribution in [0.5, 0.6) is 11.5 Å². The minimum atomic E-state index is -0.705. The van der Waals surface area contributed by atoms with E-state index in [1.165, 1.54) is 0 Å². The van der Waals surface area contributed by atoms with Crippen molar-refractivity contribution in [2.24, 2.45) is 5.10 Å². The van der Waals surface area contributed by atoms with E-state index < -0.39 is 5.72 Å². The fourth-order valence-electron chi connectivity index (χ4n) is 3.73. The molecule has 6 nitrogen and oxygen atoms in total. The van der Waals surface area contributed by atoms with E-state index in [4.69, 9.17) is 19.3 Å². The fraction of sp³-hybridized carbons (Fsp3) is 0.333. The Bertz CT molecular complexity index is 893. The number of methoxy groups -OCH3 is 1. The van der Waals surface area contributed by atoms with Crippen LogP contribution in [-0.4, -0.2) is 31.1 Å². The second kappa shape index (κ2) is 6.61. The Kier molecular flexibility index (Phi) is 4.26. The first-order valence-electron chi connectivity index (χ1n) is 9.03. The lowest BCUT2D eigenvalue weighted by atomic mass is 9.82. The average molecular weight is 366 g/mol. The summed E-state index contributed by atoms with van der Waals surface area (Å²) in [5.74, 6) is 0.975. The van der Waals surface area contributed by atoms with Gasteiger partial charge < -0.3 is 14.2 Å². The predicted octanol–water partition coefficient (Wildman–Crippen LogP) is 3.72. The predicted molar refractivity (Wildman–Crippen MR) is 102 cm³/mol. The monoisotopic (exact) mass is 366 g/mol. The van der Waals surface area contributed by atoms with Crippen molar-refractivity contribution in [3.63, 3.8) is 0 Å². The minimum absolute atomic E-state index is 0.159. The van der Waals surface area contributed by atoms with Gasteiger partial charge in [-0.2, -0.15) is 5.10 Å². The van der Waals surface area contributed by atoms with Gasteiger partial charge in [-0.25, -0.2) is 9.80 Å². The molecule has 2 atom stereocenters. The van der Waals surface area contributed by atoms with Crippen molar-refractivity contribution in [1.29, 1.82) is 0 Å². The van der Waals surface area contributed by atoms with Crippen LogP contribution < -0.4 is 14.5 Å². The molecule has 140 valence electrons. The molecule has 27 heavy (non-hydrogen) atoms. The van der Waals surface area contributed by atoms with Crippen LogP contribution in [0.4, 0.5) is 5.69 Å². The molecule has 0 spiro atoms. The Morgan fingerprint density at radius 1 is 1.26 bits per heavy atom. The van der Waals surface area contributed by atoms with Crippen molar-refractivity contribution in [2.75, 3.05) is 18.7 Å². The number of hydrazone groups is 1. The molecule has 4 rings (SSSR count). The molecule has 0 N–H and O–H groups in total. The van der Waals surface area contributed by atoms with E-state index in [2.05, 4.69) is 0 Å². The zero-order valence-electron chi connectivity index (χ0n) is 15.6. The molecule has 2 aliphatic rings. The molecule has 6 heteroatoms. The Balaban J connectivity index is 1.83. The van der Waals surface area contributed by atoms with Crippen LogP contribution in [0.3, 0.4) is 0 Å². The SMILES string of the molecule is CCOC(=O)C1=NN(c2ccc(OC)cc2)[C@@]2(C)C[C@@H]1c1ccccc1O2. The molecule has 0 unspecified atom stereocenters. The van der Waals surface area contributed by atoms with Crippen LogP contribution in [0.15, 0.2) is 53.6 Å². The van der Waals surface area contributed by atoms with Crippen LogP contribution in [0.1, 0.15) is 31.7 Å². The summed E-state index contributed by atoms with van der Waals surface area (Å²) in [4.78, 5) is 12.6. The van der Waals surface area contributed by atoms with E-state index in [-0.39, 0.29) is 11.9 Å². The molecular weight excluding hydrogens is 344 g/mol. The van der Waals surface area contributed by atoms with Crippen LogP contribution >= 0.6 is 0 Å². The highest BCUT2D eigenvalue weighted by Crippen LogP contribution is 2.47. The maximum absolute atomic E-state index is 12.6. The first kappa shape index (κ1) is 17.4. The molecule has 2 bridgehead atoms. The third-order valence-corrected chi connectivity index (χ3v) is 4.99. The number of esters is 1. The van der Waals surface area contributed by atoms with E-state index in [1.807, 2.05) is 55.5 Å². The summed E-state index contributed by atoms with van der Waals surface area (Å²) in [5.41, 5.74) is 1.49. The summed E-state index contributed by atoms with van der Waals surface area (Å²) in [7, 11) is 1.63. The zero-order valence-corrected chi connectivity index (χ0v) is 15.6. The summed E-state index contributed by atoms with van der Waals surface area (Å²) in [6.07, 6.45) is 0.605. The molecule has 0 fully saturated rings. The van der Waals surface area contributed by atoms with Crippen molar-refractivity contribution in [3.05, 3.63) is 54.1 Å². The minimum Gasteiger partial charge on any atom is -0.497 e. The number of hydrogen-bond donors (Lipinski definition) is 0. The van der Waals surface area contributed by atoms with E-state index >= 15 is 0 Å². The summed E-state index contributed by atoms with van der Waals surface area (Å²) in [5, 5.41) is 6.46. The molecule has 2 aromatic rings. The van der Waals surface area contributed by atoms with Crippen LogP contribution in [0, 0.1) is 0 Å². The number of carbonyl (C=O) groups is 1. The van der Waals surface area contributed by atoms with Crippen LogP contribution in [-0.2, 0) is 9.53 Å². The van der Waals surface area contributed by atoms with Crippen molar-refractivity contribution < 1.29 is 19.0 Å². The Hall–Kier alpha value is -3.02. The zero-order chi connectivity index (χ0) is 19.0. The smallest absolute Gasteiger partial charge is 0.355 e. The summed E-state index contributed by atoms with van der Waals surface area (Å²) in [6.45, 7) is 4.10. The number of benzene rings is 2. The van der Waals surface area contributed by atoms with Gasteiger partial charge in [0, 0.05) is 17.9 Å². The van der Waals surface area contributed by atoms with Gasteiger partial charge in [-0.1, -0.05) is 18.2 Å². The molecule has 2 aliphatic heterocycles. The number of fused-ring (bicyclic) bond motifs is 4. The molecule has 2 heterocycles. The highest BCUT2D eigenvalue weighted by atomic mass is 16.5. The topological polar surface area (TPSA) is 60.4 Å². The Morgan fingerprint density at radius 3 is 2.70 bits per heavy atom. The van der Waals surface area contributed by atoms with Gasteiger partial charge in [0.05, 0.1) is 19.4 Å². The molecular formula is C21H22N2O4. The average Bonchev–Trinajstić information content (AvgIpc) is 2.68. The van der Waals surface area contributed by atoms with Gasteiger partial charge in [-0.15, -0.1) is 0 Å². The van der Waals surface area contributed by atoms with Gasteiger partial charge in [-0.3, -0.25) is 0 Å². The molecule has 0 aromatic heterocycles. The number of para-hydroxylation sites is 1. The van der Waals surface area contributed by atoms with Crippen molar-refractivity contribution in [2.45, 2.75) is 31.9 Å². The first-order valence-corrected chi connectivity index (χ1v) is 9.03. The third-order valence-electron chi connectivity index (χ3n) is 4.99. The largest absolute Gasteiger partial charge is 0.497 e. The van der Waals surface area contributed by atoms with Crippen molar-refractivity contribution in [3.8, 4) is 11.5 Å². The number of rotatable bonds is 4. The standard InChI is InChI=1S/C21H22N2O4/c1-4-26-20(24)19-17-13-21(2,27-18-8-6-5-7-16(17)18)23(22-19)14-9-11-15(25-3)12-10-14/h5-12,17H,4,13H2,1-3H3/t17-,21-/m1/s1. The van der Waals surface area contributed by atoms with Gasteiger partial charge in [0.25, 0.3) is 0 Å². The molecule has 0 saturated heterocycles. The van der Waals surface area contributed by atoms with E-state index in [0.717, 1.165) is 22.7 Å². The lowest BCUT2D eigenvalue weighted by Crippen LogP contribution is -2.57. The summed E-state index contributed by atoms with van der Waals surface area (Å²) >= 11 is 0. The van der Waals surface area contributed by atoms with Crippen molar-refractivity contribution in [1.82, 2.24) is 0 Å². The molecule has 0 radical (unpaired) electrons.